The quantitative estimate of drug-likeness (QED) is 0.355. The molecule has 0 fully saturated rings. The van der Waals surface area contributed by atoms with E-state index in [0.717, 1.165) is 28.3 Å². The predicted molar refractivity (Wildman–Crippen MR) is 134 cm³/mol. The first kappa shape index (κ1) is 22.6. The van der Waals surface area contributed by atoms with E-state index >= 15 is 0 Å². The molecule has 5 heteroatoms. The Morgan fingerprint density at radius 3 is 2.27 bits per heavy atom. The Morgan fingerprint density at radius 2 is 1.61 bits per heavy atom. The number of hydrogen-bond donors (Lipinski definition) is 0. The number of nitrogens with zero attached hydrogens (tertiary/aromatic N) is 3. The molecular formula is C28H31N3O2. The van der Waals surface area contributed by atoms with Crippen LogP contribution in [0.1, 0.15) is 39.1 Å². The number of imidazole rings is 1. The second-order valence-electron chi connectivity index (χ2n) is 9.14. The number of para-hydroxylation sites is 3. The third-order valence-corrected chi connectivity index (χ3v) is 5.80. The van der Waals surface area contributed by atoms with Crippen molar-refractivity contribution in [3.63, 3.8) is 0 Å². The van der Waals surface area contributed by atoms with Gasteiger partial charge in [0.15, 0.2) is 0 Å². The molecule has 4 rings (SSSR count). The molecule has 0 saturated heterocycles. The van der Waals surface area contributed by atoms with Crippen molar-refractivity contribution in [1.82, 2.24) is 9.55 Å². The molecule has 33 heavy (non-hydrogen) atoms. The third kappa shape index (κ3) is 5.08. The highest BCUT2D eigenvalue weighted by Gasteiger charge is 2.19. The molecule has 0 bridgehead atoms. The smallest absolute Gasteiger partial charge is 0.246 e. The van der Waals surface area contributed by atoms with Crippen LogP contribution in [0.3, 0.4) is 0 Å². The molecule has 0 saturated carbocycles. The summed E-state index contributed by atoms with van der Waals surface area (Å²) in [6.07, 6.45) is 0. The molecule has 0 N–H and O–H groups in total. The van der Waals surface area contributed by atoms with Crippen LogP contribution in [0, 0.1) is 0 Å². The molecule has 0 aliphatic heterocycles. The number of benzene rings is 3. The lowest BCUT2D eigenvalue weighted by molar-refractivity contribution is -0.119. The van der Waals surface area contributed by atoms with Crippen LogP contribution in [-0.2, 0) is 23.4 Å². The van der Waals surface area contributed by atoms with Crippen LogP contribution in [-0.4, -0.2) is 22.0 Å². The lowest BCUT2D eigenvalue weighted by atomic mass is 9.87. The first-order valence-electron chi connectivity index (χ1n) is 11.4. The standard InChI is InChI=1S/C28H31N3O2/c1-5-30(22-11-7-6-8-12-22)27(32)19-31-25-14-10-9-13-24(25)29-26(31)20-33-23-17-15-21(16-18-23)28(2,3)4/h6-18H,5,19-20H2,1-4H3. The second-order valence-corrected chi connectivity index (χ2v) is 9.14. The molecule has 1 aromatic heterocycles. The van der Waals surface area contributed by atoms with Crippen molar-refractivity contribution in [2.45, 2.75) is 46.3 Å². The summed E-state index contributed by atoms with van der Waals surface area (Å²) in [7, 11) is 0. The highest BCUT2D eigenvalue weighted by Crippen LogP contribution is 2.25. The van der Waals surface area contributed by atoms with E-state index in [1.165, 1.54) is 5.56 Å². The van der Waals surface area contributed by atoms with Crippen molar-refractivity contribution >= 4 is 22.6 Å². The van der Waals surface area contributed by atoms with Crippen molar-refractivity contribution in [2.24, 2.45) is 0 Å². The second kappa shape index (κ2) is 9.49. The van der Waals surface area contributed by atoms with Crippen LogP contribution in [0.4, 0.5) is 5.69 Å². The van der Waals surface area contributed by atoms with Gasteiger partial charge in [-0.15, -0.1) is 0 Å². The van der Waals surface area contributed by atoms with Gasteiger partial charge >= 0.3 is 0 Å². The van der Waals surface area contributed by atoms with Gasteiger partial charge in [-0.25, -0.2) is 4.98 Å². The van der Waals surface area contributed by atoms with Crippen molar-refractivity contribution in [3.8, 4) is 5.75 Å². The molecule has 0 spiro atoms. The summed E-state index contributed by atoms with van der Waals surface area (Å²) in [5, 5.41) is 0. The summed E-state index contributed by atoms with van der Waals surface area (Å²) in [6.45, 7) is 9.65. The van der Waals surface area contributed by atoms with E-state index in [0.29, 0.717) is 6.54 Å². The molecule has 3 aromatic carbocycles. The molecule has 0 aliphatic rings. The van der Waals surface area contributed by atoms with Crippen LogP contribution in [0.15, 0.2) is 78.9 Å². The molecule has 0 atom stereocenters. The van der Waals surface area contributed by atoms with E-state index < -0.39 is 0 Å². The Kier molecular flexibility index (Phi) is 6.50. The molecule has 4 aromatic rings. The number of aromatic nitrogens is 2. The summed E-state index contributed by atoms with van der Waals surface area (Å²) < 4.78 is 8.04. The highest BCUT2D eigenvalue weighted by molar-refractivity contribution is 5.94. The van der Waals surface area contributed by atoms with Crippen LogP contribution in [0.25, 0.3) is 11.0 Å². The summed E-state index contributed by atoms with van der Waals surface area (Å²) in [4.78, 5) is 19.8. The maximum atomic E-state index is 13.3. The van der Waals surface area contributed by atoms with E-state index in [1.54, 1.807) is 4.90 Å². The lowest BCUT2D eigenvalue weighted by Crippen LogP contribution is -2.34. The SMILES string of the molecule is CCN(C(=O)Cn1c(COc2ccc(C(C)(C)C)cc2)nc2ccccc21)c1ccccc1. The molecule has 5 nitrogen and oxygen atoms in total. The van der Waals surface area contributed by atoms with Gasteiger partial charge in [0.25, 0.3) is 0 Å². The molecular weight excluding hydrogens is 410 g/mol. The van der Waals surface area contributed by atoms with E-state index in [2.05, 4.69) is 32.9 Å². The van der Waals surface area contributed by atoms with Crippen LogP contribution < -0.4 is 9.64 Å². The number of hydrogen-bond acceptors (Lipinski definition) is 3. The predicted octanol–water partition coefficient (Wildman–Crippen LogP) is 5.97. The monoisotopic (exact) mass is 441 g/mol. The number of fused-ring (bicyclic) bond motifs is 1. The topological polar surface area (TPSA) is 47.4 Å². The number of rotatable bonds is 7. The van der Waals surface area contributed by atoms with Crippen molar-refractivity contribution in [1.29, 1.82) is 0 Å². The zero-order chi connectivity index (χ0) is 23.4. The molecule has 1 heterocycles. The zero-order valence-electron chi connectivity index (χ0n) is 19.8. The minimum Gasteiger partial charge on any atom is -0.486 e. The fraction of sp³-hybridized carbons (Fsp3) is 0.286. The van der Waals surface area contributed by atoms with E-state index in [1.807, 2.05) is 78.2 Å². The lowest BCUT2D eigenvalue weighted by Gasteiger charge is -2.22. The molecule has 1 amide bonds. The minimum atomic E-state index is 0.0163. The van der Waals surface area contributed by atoms with Gasteiger partial charge in [0, 0.05) is 12.2 Å². The van der Waals surface area contributed by atoms with Gasteiger partial charge < -0.3 is 14.2 Å². The number of ether oxygens (including phenoxy) is 1. The molecule has 0 radical (unpaired) electrons. The zero-order valence-corrected chi connectivity index (χ0v) is 19.8. The average Bonchev–Trinajstić information content (AvgIpc) is 3.16. The van der Waals surface area contributed by atoms with Crippen molar-refractivity contribution < 1.29 is 9.53 Å². The third-order valence-electron chi connectivity index (χ3n) is 5.80. The number of carbonyl (C=O) groups excluding carboxylic acids is 1. The largest absolute Gasteiger partial charge is 0.486 e. The summed E-state index contributed by atoms with van der Waals surface area (Å²) >= 11 is 0. The van der Waals surface area contributed by atoms with Gasteiger partial charge in [-0.2, -0.15) is 0 Å². The number of anilines is 1. The number of carbonyl (C=O) groups is 1. The van der Waals surface area contributed by atoms with Crippen molar-refractivity contribution in [3.05, 3.63) is 90.3 Å². The maximum absolute atomic E-state index is 13.3. The van der Waals surface area contributed by atoms with Crippen LogP contribution in [0.2, 0.25) is 0 Å². The van der Waals surface area contributed by atoms with Crippen LogP contribution in [0.5, 0.6) is 5.75 Å². The maximum Gasteiger partial charge on any atom is 0.246 e. The fourth-order valence-electron chi connectivity index (χ4n) is 3.94. The van der Waals surface area contributed by atoms with E-state index in [9.17, 15) is 4.79 Å². The number of amides is 1. The van der Waals surface area contributed by atoms with E-state index in [4.69, 9.17) is 9.72 Å². The van der Waals surface area contributed by atoms with Gasteiger partial charge in [0.2, 0.25) is 5.91 Å². The number of likely N-dealkylation sites (N-methyl/N-ethyl adjacent to an activating group) is 1. The minimum absolute atomic E-state index is 0.0163. The van der Waals surface area contributed by atoms with Gasteiger partial charge in [-0.3, -0.25) is 4.79 Å². The highest BCUT2D eigenvalue weighted by atomic mass is 16.5. The van der Waals surface area contributed by atoms with Crippen LogP contribution >= 0.6 is 0 Å². The van der Waals surface area contributed by atoms with Crippen molar-refractivity contribution in [2.75, 3.05) is 11.4 Å². The van der Waals surface area contributed by atoms with Gasteiger partial charge in [0.1, 0.15) is 24.7 Å². The Hall–Kier alpha value is -3.60. The Labute approximate surface area is 195 Å². The summed E-state index contributed by atoms with van der Waals surface area (Å²) in [5.74, 6) is 1.53. The van der Waals surface area contributed by atoms with Gasteiger partial charge in [-0.05, 0) is 54.3 Å². The van der Waals surface area contributed by atoms with Gasteiger partial charge in [-0.1, -0.05) is 63.2 Å². The van der Waals surface area contributed by atoms with Gasteiger partial charge in [0.05, 0.1) is 11.0 Å². The Morgan fingerprint density at radius 1 is 0.939 bits per heavy atom. The summed E-state index contributed by atoms with van der Waals surface area (Å²) in [5.41, 5.74) is 4.03. The normalized spacial score (nSPS) is 11.5. The molecule has 0 unspecified atom stereocenters. The average molecular weight is 442 g/mol. The fourth-order valence-corrected chi connectivity index (χ4v) is 3.94. The Balaban J connectivity index is 1.57. The van der Waals surface area contributed by atoms with E-state index in [-0.39, 0.29) is 24.5 Å². The first-order chi connectivity index (χ1) is 15.9. The molecule has 170 valence electrons. The molecule has 0 aliphatic carbocycles. The Bertz CT molecular complexity index is 1220. The summed E-state index contributed by atoms with van der Waals surface area (Å²) in [6, 6.07) is 25.8. The first-order valence-corrected chi connectivity index (χ1v) is 11.4.